The molecule has 2 heterocycles. The first-order valence-electron chi connectivity index (χ1n) is 7.24. The van der Waals surface area contributed by atoms with Crippen molar-refractivity contribution in [3.8, 4) is 0 Å². The summed E-state index contributed by atoms with van der Waals surface area (Å²) in [5.74, 6) is -0.540. The fraction of sp³-hybridized carbons (Fsp3) is 0.500. The van der Waals surface area contributed by atoms with E-state index in [1.807, 2.05) is 0 Å². The standard InChI is InChI=1S/C12H19N6O5P/c1-3-22-24(21,23-4-2)7-15-8(19)5-18-6-14-9-10(18)16-12(13)17-11(9)20/h6H,3-5,7H2,1-2H3,(H,15,19)(H3,13,16,17,20). The molecule has 4 N–H and O–H groups in total. The molecule has 132 valence electrons. The number of fused-ring (bicyclic) bond motifs is 1. The molecule has 24 heavy (non-hydrogen) atoms. The van der Waals surface area contributed by atoms with E-state index in [-0.39, 0.29) is 43.2 Å². The lowest BCUT2D eigenvalue weighted by atomic mass is 10.5. The first-order valence-corrected chi connectivity index (χ1v) is 8.96. The number of aromatic nitrogens is 4. The highest BCUT2D eigenvalue weighted by Gasteiger charge is 2.24. The van der Waals surface area contributed by atoms with Crippen LogP contribution < -0.4 is 16.6 Å². The van der Waals surface area contributed by atoms with Gasteiger partial charge in [-0.05, 0) is 13.8 Å². The Balaban J connectivity index is 2.08. The molecule has 0 aliphatic carbocycles. The quantitative estimate of drug-likeness (QED) is 0.559. The maximum absolute atomic E-state index is 12.3. The molecule has 0 saturated carbocycles. The van der Waals surface area contributed by atoms with Gasteiger partial charge in [-0.15, -0.1) is 0 Å². The summed E-state index contributed by atoms with van der Waals surface area (Å²) in [6.45, 7) is 3.58. The van der Waals surface area contributed by atoms with E-state index >= 15 is 0 Å². The molecule has 12 heteroatoms. The Labute approximate surface area is 137 Å². The van der Waals surface area contributed by atoms with Crippen LogP contribution in [-0.4, -0.2) is 44.9 Å². The molecule has 11 nitrogen and oxygen atoms in total. The summed E-state index contributed by atoms with van der Waals surface area (Å²) in [5.41, 5.74) is 5.26. The summed E-state index contributed by atoms with van der Waals surface area (Å²) in [7, 11) is -3.37. The Bertz CT molecular complexity index is 821. The molecule has 0 spiro atoms. The van der Waals surface area contributed by atoms with Gasteiger partial charge in [-0.1, -0.05) is 0 Å². The number of nitrogens with one attached hydrogen (secondary N) is 2. The van der Waals surface area contributed by atoms with Crippen LogP contribution in [-0.2, 0) is 25.0 Å². The number of nitrogens with two attached hydrogens (primary N) is 1. The number of carbonyl (C=O) groups is 1. The molecule has 0 unspecified atom stereocenters. The number of carbonyl (C=O) groups excluding carboxylic acids is 1. The predicted molar refractivity (Wildman–Crippen MR) is 86.4 cm³/mol. The van der Waals surface area contributed by atoms with Gasteiger partial charge in [0.05, 0.1) is 19.5 Å². The largest absolute Gasteiger partial charge is 0.369 e. The molecule has 0 fully saturated rings. The lowest BCUT2D eigenvalue weighted by Crippen LogP contribution is -2.29. The van der Waals surface area contributed by atoms with Crippen molar-refractivity contribution in [2.75, 3.05) is 25.2 Å². The number of amides is 1. The molecule has 0 aliphatic rings. The van der Waals surface area contributed by atoms with E-state index in [1.165, 1.54) is 10.9 Å². The zero-order chi connectivity index (χ0) is 17.7. The smallest absolute Gasteiger partial charge is 0.349 e. The van der Waals surface area contributed by atoms with E-state index < -0.39 is 19.1 Å². The van der Waals surface area contributed by atoms with Crippen molar-refractivity contribution in [2.45, 2.75) is 20.4 Å². The number of imidazole rings is 1. The molecule has 0 atom stereocenters. The minimum Gasteiger partial charge on any atom is -0.369 e. The van der Waals surface area contributed by atoms with Gasteiger partial charge in [-0.3, -0.25) is 19.1 Å². The molecule has 0 aromatic carbocycles. The first kappa shape index (κ1) is 18.1. The van der Waals surface area contributed by atoms with Gasteiger partial charge in [0.25, 0.3) is 5.56 Å². The fourth-order valence-electron chi connectivity index (χ4n) is 2.00. The highest BCUT2D eigenvalue weighted by atomic mass is 31.2. The molecular weight excluding hydrogens is 339 g/mol. The third-order valence-electron chi connectivity index (χ3n) is 2.93. The second kappa shape index (κ2) is 7.56. The minimum atomic E-state index is -3.37. The molecule has 2 aromatic heterocycles. The van der Waals surface area contributed by atoms with Crippen molar-refractivity contribution in [2.24, 2.45) is 0 Å². The van der Waals surface area contributed by atoms with Gasteiger partial charge in [0.2, 0.25) is 11.9 Å². The average Bonchev–Trinajstić information content (AvgIpc) is 2.89. The molecule has 2 aromatic rings. The summed E-state index contributed by atoms with van der Waals surface area (Å²) in [6.07, 6.45) is 1.05. The Hall–Kier alpha value is -2.23. The summed E-state index contributed by atoms with van der Waals surface area (Å²) in [6, 6.07) is 0. The van der Waals surface area contributed by atoms with E-state index in [0.29, 0.717) is 0 Å². The van der Waals surface area contributed by atoms with Gasteiger partial charge in [0.1, 0.15) is 12.8 Å². The normalized spacial score (nSPS) is 11.8. The van der Waals surface area contributed by atoms with E-state index in [4.69, 9.17) is 14.8 Å². The molecule has 2 rings (SSSR count). The molecule has 1 amide bonds. The maximum Gasteiger partial charge on any atom is 0.349 e. The van der Waals surface area contributed by atoms with Crippen LogP contribution >= 0.6 is 7.60 Å². The van der Waals surface area contributed by atoms with Gasteiger partial charge in [-0.25, -0.2) is 4.98 Å². The molecule has 0 aliphatic heterocycles. The van der Waals surface area contributed by atoms with Crippen molar-refractivity contribution in [3.63, 3.8) is 0 Å². The maximum atomic E-state index is 12.3. The second-order valence-electron chi connectivity index (χ2n) is 4.70. The van der Waals surface area contributed by atoms with Crippen molar-refractivity contribution in [3.05, 3.63) is 16.7 Å². The van der Waals surface area contributed by atoms with Crippen LogP contribution in [0.2, 0.25) is 0 Å². The number of anilines is 1. The van der Waals surface area contributed by atoms with Crippen LogP contribution in [0.4, 0.5) is 5.95 Å². The van der Waals surface area contributed by atoms with Crippen LogP contribution in [0.15, 0.2) is 11.1 Å². The summed E-state index contributed by atoms with van der Waals surface area (Å²) >= 11 is 0. The van der Waals surface area contributed by atoms with Crippen LogP contribution in [0.25, 0.3) is 11.2 Å². The highest BCUT2D eigenvalue weighted by molar-refractivity contribution is 7.53. The number of rotatable bonds is 8. The predicted octanol–water partition coefficient (Wildman–Crippen LogP) is 0.0416. The zero-order valence-electron chi connectivity index (χ0n) is 13.3. The van der Waals surface area contributed by atoms with E-state index in [0.717, 1.165) is 0 Å². The SMILES string of the molecule is CCOP(=O)(CNC(=O)Cn1cnc2c(=O)[nH]c(N)nc21)OCC. The van der Waals surface area contributed by atoms with Crippen molar-refractivity contribution < 1.29 is 18.4 Å². The van der Waals surface area contributed by atoms with E-state index in [2.05, 4.69) is 20.3 Å². The van der Waals surface area contributed by atoms with E-state index in [9.17, 15) is 14.2 Å². The average molecular weight is 358 g/mol. The minimum absolute atomic E-state index is 0.0753. The summed E-state index contributed by atoms with van der Waals surface area (Å²) in [5, 5.41) is 2.48. The molecule has 0 radical (unpaired) electrons. The third-order valence-corrected chi connectivity index (χ3v) is 4.78. The van der Waals surface area contributed by atoms with Gasteiger partial charge in [0, 0.05) is 0 Å². The number of nitrogens with zero attached hydrogens (tertiary/aromatic N) is 3. The Morgan fingerprint density at radius 2 is 2.08 bits per heavy atom. The van der Waals surface area contributed by atoms with E-state index in [1.54, 1.807) is 13.8 Å². The summed E-state index contributed by atoms with van der Waals surface area (Å²) < 4.78 is 23.8. The summed E-state index contributed by atoms with van der Waals surface area (Å²) in [4.78, 5) is 33.9. The number of aromatic amines is 1. The van der Waals surface area contributed by atoms with Gasteiger partial charge < -0.3 is 24.7 Å². The third kappa shape index (κ3) is 4.19. The Morgan fingerprint density at radius 1 is 1.42 bits per heavy atom. The Kier molecular flexibility index (Phi) is 5.71. The molecular formula is C12H19N6O5P. The monoisotopic (exact) mass is 358 g/mol. The first-order chi connectivity index (χ1) is 11.4. The van der Waals surface area contributed by atoms with Crippen molar-refractivity contribution in [1.82, 2.24) is 24.8 Å². The van der Waals surface area contributed by atoms with Crippen LogP contribution in [0.1, 0.15) is 13.8 Å². The number of hydrogen-bond donors (Lipinski definition) is 3. The second-order valence-corrected chi connectivity index (χ2v) is 6.75. The van der Waals surface area contributed by atoms with Crippen molar-refractivity contribution >= 4 is 30.6 Å². The lowest BCUT2D eigenvalue weighted by molar-refractivity contribution is -0.121. The number of hydrogen-bond acceptors (Lipinski definition) is 8. The van der Waals surface area contributed by atoms with Crippen molar-refractivity contribution in [1.29, 1.82) is 0 Å². The number of H-pyrrole nitrogens is 1. The van der Waals surface area contributed by atoms with Gasteiger partial charge in [-0.2, -0.15) is 4.98 Å². The van der Waals surface area contributed by atoms with Gasteiger partial charge >= 0.3 is 7.60 Å². The Morgan fingerprint density at radius 3 is 2.71 bits per heavy atom. The van der Waals surface area contributed by atoms with Crippen LogP contribution in [0.3, 0.4) is 0 Å². The van der Waals surface area contributed by atoms with Crippen LogP contribution in [0.5, 0.6) is 0 Å². The molecule has 0 saturated heterocycles. The zero-order valence-corrected chi connectivity index (χ0v) is 14.2. The van der Waals surface area contributed by atoms with Gasteiger partial charge in [0.15, 0.2) is 11.2 Å². The fourth-order valence-corrected chi connectivity index (χ4v) is 3.42. The van der Waals surface area contributed by atoms with Crippen LogP contribution in [0, 0.1) is 0 Å². The highest BCUT2D eigenvalue weighted by Crippen LogP contribution is 2.46. The topological polar surface area (TPSA) is 154 Å². The lowest BCUT2D eigenvalue weighted by Gasteiger charge is -2.17. The molecule has 0 bridgehead atoms. The number of nitrogen functional groups attached to an aromatic ring is 1.